The number of fused-ring (bicyclic) bond motifs is 1. The van der Waals surface area contributed by atoms with Crippen molar-refractivity contribution in [2.45, 2.75) is 50.8 Å². The number of ether oxygens (including phenoxy) is 1. The third-order valence-electron chi connectivity index (χ3n) is 4.23. The maximum Gasteiger partial charge on any atom is 0.0726 e. The number of hydrogen-bond acceptors (Lipinski definition) is 3. The third-order valence-corrected chi connectivity index (χ3v) is 4.23. The number of rotatable bonds is 3. The Bertz CT molecular complexity index is 427. The molecule has 0 bridgehead atoms. The summed E-state index contributed by atoms with van der Waals surface area (Å²) in [6, 6.07) is 7.21. The molecule has 1 aliphatic carbocycles. The highest BCUT2D eigenvalue weighted by Gasteiger charge is 2.28. The van der Waals surface area contributed by atoms with Gasteiger partial charge in [0.1, 0.15) is 0 Å². The zero-order valence-electron chi connectivity index (χ0n) is 11.0. The molecular weight excluding hydrogens is 224 g/mol. The summed E-state index contributed by atoms with van der Waals surface area (Å²) in [6.45, 7) is 3.17. The van der Waals surface area contributed by atoms with Crippen molar-refractivity contribution in [1.29, 1.82) is 0 Å². The molecule has 0 spiro atoms. The lowest BCUT2D eigenvalue weighted by atomic mass is 10.0. The molecule has 0 aromatic heterocycles. The van der Waals surface area contributed by atoms with Crippen LogP contribution in [0.4, 0.5) is 5.69 Å². The van der Waals surface area contributed by atoms with Crippen LogP contribution in [0, 0.1) is 0 Å². The van der Waals surface area contributed by atoms with Crippen molar-refractivity contribution in [2.24, 2.45) is 0 Å². The molecule has 3 rings (SSSR count). The molecule has 1 heterocycles. The lowest BCUT2D eigenvalue weighted by Crippen LogP contribution is -2.38. The fraction of sp³-hybridized carbons (Fsp3) is 0.600. The van der Waals surface area contributed by atoms with Gasteiger partial charge in [0.2, 0.25) is 0 Å². The van der Waals surface area contributed by atoms with Gasteiger partial charge in [0.05, 0.1) is 6.10 Å². The Morgan fingerprint density at radius 3 is 3.06 bits per heavy atom. The second-order valence-electron chi connectivity index (χ2n) is 5.56. The summed E-state index contributed by atoms with van der Waals surface area (Å²) < 4.78 is 5.75. The lowest BCUT2D eigenvalue weighted by Gasteiger charge is -2.24. The van der Waals surface area contributed by atoms with E-state index in [2.05, 4.69) is 24.4 Å². The van der Waals surface area contributed by atoms with Crippen LogP contribution in [0.3, 0.4) is 0 Å². The second-order valence-corrected chi connectivity index (χ2v) is 5.56. The van der Waals surface area contributed by atoms with E-state index in [4.69, 9.17) is 10.5 Å². The van der Waals surface area contributed by atoms with Crippen molar-refractivity contribution in [3.63, 3.8) is 0 Å². The molecule has 0 saturated carbocycles. The van der Waals surface area contributed by atoms with Gasteiger partial charge < -0.3 is 15.8 Å². The lowest BCUT2D eigenvalue weighted by molar-refractivity contribution is 0.0797. The van der Waals surface area contributed by atoms with E-state index in [1.54, 1.807) is 0 Å². The van der Waals surface area contributed by atoms with E-state index in [1.165, 1.54) is 30.4 Å². The first-order chi connectivity index (χ1) is 8.74. The quantitative estimate of drug-likeness (QED) is 0.805. The smallest absolute Gasteiger partial charge is 0.0726 e. The van der Waals surface area contributed by atoms with Crippen LogP contribution in [-0.4, -0.2) is 18.8 Å². The summed E-state index contributed by atoms with van der Waals surface area (Å²) >= 11 is 0. The Morgan fingerprint density at radius 2 is 2.28 bits per heavy atom. The zero-order chi connectivity index (χ0) is 12.5. The molecule has 2 aliphatic rings. The molecule has 0 amide bonds. The summed E-state index contributed by atoms with van der Waals surface area (Å²) in [5, 5.41) is 3.73. The molecule has 1 aliphatic heterocycles. The molecule has 1 saturated heterocycles. The van der Waals surface area contributed by atoms with Gasteiger partial charge in [0.25, 0.3) is 0 Å². The van der Waals surface area contributed by atoms with Gasteiger partial charge in [-0.3, -0.25) is 0 Å². The molecule has 1 fully saturated rings. The van der Waals surface area contributed by atoms with Crippen molar-refractivity contribution in [3.05, 3.63) is 29.3 Å². The van der Waals surface area contributed by atoms with Crippen LogP contribution >= 0.6 is 0 Å². The summed E-state index contributed by atoms with van der Waals surface area (Å²) in [4.78, 5) is 0. The molecule has 98 valence electrons. The van der Waals surface area contributed by atoms with Crippen molar-refractivity contribution in [1.82, 2.24) is 5.32 Å². The third kappa shape index (κ3) is 2.25. The topological polar surface area (TPSA) is 47.3 Å². The SMILES string of the molecule is CC(NC1CCc2cc(N)ccc21)C1CCCO1. The first-order valence-corrected chi connectivity index (χ1v) is 7.00. The molecule has 3 atom stereocenters. The van der Waals surface area contributed by atoms with Gasteiger partial charge in [-0.25, -0.2) is 0 Å². The summed E-state index contributed by atoms with van der Waals surface area (Å²) in [7, 11) is 0. The Morgan fingerprint density at radius 1 is 1.39 bits per heavy atom. The largest absolute Gasteiger partial charge is 0.399 e. The van der Waals surface area contributed by atoms with Crippen molar-refractivity contribution < 1.29 is 4.74 Å². The average molecular weight is 246 g/mol. The highest BCUT2D eigenvalue weighted by atomic mass is 16.5. The normalized spacial score (nSPS) is 28.3. The van der Waals surface area contributed by atoms with Gasteiger partial charge in [0.15, 0.2) is 0 Å². The number of benzene rings is 1. The van der Waals surface area contributed by atoms with Gasteiger partial charge >= 0.3 is 0 Å². The summed E-state index contributed by atoms with van der Waals surface area (Å²) in [5.41, 5.74) is 9.55. The fourth-order valence-electron chi connectivity index (χ4n) is 3.23. The first kappa shape index (κ1) is 12.0. The Labute approximate surface area is 109 Å². The predicted molar refractivity (Wildman–Crippen MR) is 73.5 cm³/mol. The molecule has 1 aromatic rings. The van der Waals surface area contributed by atoms with Crippen LogP contribution in [0.15, 0.2) is 18.2 Å². The van der Waals surface area contributed by atoms with E-state index >= 15 is 0 Å². The monoisotopic (exact) mass is 246 g/mol. The predicted octanol–water partition coefficient (Wildman–Crippen LogP) is 2.41. The number of nitrogen functional groups attached to an aromatic ring is 1. The second kappa shape index (κ2) is 4.90. The van der Waals surface area contributed by atoms with Crippen LogP contribution in [0.1, 0.15) is 43.4 Å². The minimum Gasteiger partial charge on any atom is -0.399 e. The van der Waals surface area contributed by atoms with Crippen LogP contribution in [0.25, 0.3) is 0 Å². The van der Waals surface area contributed by atoms with Gasteiger partial charge in [0, 0.05) is 24.4 Å². The Hall–Kier alpha value is -1.06. The van der Waals surface area contributed by atoms with Gasteiger partial charge in [-0.05, 0) is 55.9 Å². The van der Waals surface area contributed by atoms with E-state index in [0.29, 0.717) is 18.2 Å². The number of aryl methyl sites for hydroxylation is 1. The van der Waals surface area contributed by atoms with Crippen LogP contribution in [0.2, 0.25) is 0 Å². The molecule has 3 unspecified atom stereocenters. The fourth-order valence-corrected chi connectivity index (χ4v) is 3.23. The average Bonchev–Trinajstić information content (AvgIpc) is 2.98. The van der Waals surface area contributed by atoms with E-state index in [9.17, 15) is 0 Å². The molecule has 0 radical (unpaired) electrons. The maximum atomic E-state index is 5.84. The Balaban J connectivity index is 1.68. The Kier molecular flexibility index (Phi) is 3.27. The standard InChI is InChI=1S/C15H22N2O/c1-10(15-3-2-8-18-15)17-14-7-4-11-9-12(16)5-6-13(11)14/h5-6,9-10,14-15,17H,2-4,7-8,16H2,1H3. The molecule has 3 heteroatoms. The van der Waals surface area contributed by atoms with Gasteiger partial charge in [-0.15, -0.1) is 0 Å². The number of nitrogens with one attached hydrogen (secondary N) is 1. The van der Waals surface area contributed by atoms with Crippen molar-refractivity contribution in [3.8, 4) is 0 Å². The summed E-state index contributed by atoms with van der Waals surface area (Å²) in [6.07, 6.45) is 5.10. The van der Waals surface area contributed by atoms with E-state index < -0.39 is 0 Å². The zero-order valence-corrected chi connectivity index (χ0v) is 11.0. The highest BCUT2D eigenvalue weighted by molar-refractivity contribution is 5.47. The minimum atomic E-state index is 0.392. The van der Waals surface area contributed by atoms with Gasteiger partial charge in [-0.2, -0.15) is 0 Å². The number of hydrogen-bond donors (Lipinski definition) is 2. The van der Waals surface area contributed by atoms with Crippen molar-refractivity contribution >= 4 is 5.69 Å². The van der Waals surface area contributed by atoms with Crippen LogP contribution < -0.4 is 11.1 Å². The molecular formula is C15H22N2O. The van der Waals surface area contributed by atoms with Crippen molar-refractivity contribution in [2.75, 3.05) is 12.3 Å². The van der Waals surface area contributed by atoms with E-state index in [-0.39, 0.29) is 0 Å². The highest BCUT2D eigenvalue weighted by Crippen LogP contribution is 2.33. The molecule has 3 nitrogen and oxygen atoms in total. The minimum absolute atomic E-state index is 0.392. The van der Waals surface area contributed by atoms with Crippen LogP contribution in [-0.2, 0) is 11.2 Å². The van der Waals surface area contributed by atoms with E-state index in [0.717, 1.165) is 18.7 Å². The number of nitrogens with two attached hydrogens (primary N) is 1. The van der Waals surface area contributed by atoms with Crippen LogP contribution in [0.5, 0.6) is 0 Å². The molecule has 1 aromatic carbocycles. The maximum absolute atomic E-state index is 5.84. The first-order valence-electron chi connectivity index (χ1n) is 7.00. The van der Waals surface area contributed by atoms with Gasteiger partial charge in [-0.1, -0.05) is 6.07 Å². The number of anilines is 1. The molecule has 3 N–H and O–H groups in total. The van der Waals surface area contributed by atoms with E-state index in [1.807, 2.05) is 6.07 Å². The summed E-state index contributed by atoms with van der Waals surface area (Å²) in [5.74, 6) is 0. The molecule has 18 heavy (non-hydrogen) atoms.